The second kappa shape index (κ2) is 6.01. The van der Waals surface area contributed by atoms with Crippen LogP contribution in [0.1, 0.15) is 15.9 Å². The molecule has 21 heavy (non-hydrogen) atoms. The van der Waals surface area contributed by atoms with Crippen molar-refractivity contribution < 1.29 is 9.72 Å². The van der Waals surface area contributed by atoms with E-state index in [2.05, 4.69) is 15.9 Å². The molecule has 0 saturated carbocycles. The Morgan fingerprint density at radius 3 is 2.52 bits per heavy atom. The topological polar surface area (TPSA) is 82.2 Å². The fourth-order valence-electron chi connectivity index (χ4n) is 1.85. The zero-order chi connectivity index (χ0) is 15.6. The largest absolute Gasteiger partial charge is 0.301 e. The highest BCUT2D eigenvalue weighted by atomic mass is 79.9. The number of ketones is 1. The van der Waals surface area contributed by atoms with Gasteiger partial charge in [-0.25, -0.2) is 0 Å². The summed E-state index contributed by atoms with van der Waals surface area (Å²) in [5.74, 6) is -0.289. The highest BCUT2D eigenvalue weighted by molar-refractivity contribution is 9.10. The van der Waals surface area contributed by atoms with Gasteiger partial charge in [0.1, 0.15) is 0 Å². The predicted octanol–water partition coefficient (Wildman–Crippen LogP) is 2.71. The molecule has 0 amide bonds. The van der Waals surface area contributed by atoms with Crippen molar-refractivity contribution in [2.45, 2.75) is 13.5 Å². The first-order valence-corrected chi connectivity index (χ1v) is 6.82. The fraction of sp³-hybridized carbons (Fsp3) is 0.143. The van der Waals surface area contributed by atoms with Gasteiger partial charge in [0.05, 0.1) is 17.7 Å². The van der Waals surface area contributed by atoms with E-state index in [1.807, 2.05) is 0 Å². The monoisotopic (exact) mass is 350 g/mol. The maximum Gasteiger partial charge on any atom is 0.288 e. The Balaban J connectivity index is 2.33. The zero-order valence-electron chi connectivity index (χ0n) is 11.1. The summed E-state index contributed by atoms with van der Waals surface area (Å²) in [6.07, 6.45) is 1.11. The van der Waals surface area contributed by atoms with Crippen LogP contribution in [0.4, 0.5) is 5.69 Å². The maximum atomic E-state index is 12.1. The van der Waals surface area contributed by atoms with Crippen molar-refractivity contribution in [2.75, 3.05) is 0 Å². The van der Waals surface area contributed by atoms with E-state index >= 15 is 0 Å². The Labute approximate surface area is 128 Å². The number of nitro groups is 1. The molecule has 0 saturated heterocycles. The Bertz CT molecular complexity index is 766. The first-order chi connectivity index (χ1) is 9.88. The molecule has 0 fully saturated rings. The van der Waals surface area contributed by atoms with E-state index in [-0.39, 0.29) is 23.6 Å². The first kappa shape index (κ1) is 15.1. The molecule has 0 aliphatic heterocycles. The van der Waals surface area contributed by atoms with Gasteiger partial charge in [-0.1, -0.05) is 28.1 Å². The van der Waals surface area contributed by atoms with Crippen molar-refractivity contribution in [3.05, 3.63) is 72.6 Å². The standard InChI is InChI=1S/C14H11BrN2O4/c1-9-6-14(19)16(7-12(9)17(20)21)8-13(18)10-2-4-11(15)5-3-10/h2-7H,8H2,1H3. The summed E-state index contributed by atoms with van der Waals surface area (Å²) in [6, 6.07) is 7.84. The van der Waals surface area contributed by atoms with Gasteiger partial charge in [-0.2, -0.15) is 0 Å². The molecule has 6 nitrogen and oxygen atoms in total. The number of nitrogens with zero attached hydrogens (tertiary/aromatic N) is 2. The highest BCUT2D eigenvalue weighted by Gasteiger charge is 2.15. The Hall–Kier alpha value is -2.28. The number of benzene rings is 1. The molecule has 0 unspecified atom stereocenters. The molecular formula is C14H11BrN2O4. The lowest BCUT2D eigenvalue weighted by molar-refractivity contribution is -0.385. The lowest BCUT2D eigenvalue weighted by atomic mass is 10.1. The quantitative estimate of drug-likeness (QED) is 0.482. The minimum absolute atomic E-state index is 0.182. The van der Waals surface area contributed by atoms with E-state index in [4.69, 9.17) is 0 Å². The smallest absolute Gasteiger partial charge is 0.288 e. The van der Waals surface area contributed by atoms with Crippen LogP contribution in [0.25, 0.3) is 0 Å². The van der Waals surface area contributed by atoms with Crippen LogP contribution in [0.5, 0.6) is 0 Å². The van der Waals surface area contributed by atoms with Crippen LogP contribution in [-0.4, -0.2) is 15.3 Å². The number of aryl methyl sites for hydroxylation is 1. The van der Waals surface area contributed by atoms with E-state index in [0.717, 1.165) is 21.3 Å². The normalized spacial score (nSPS) is 10.4. The van der Waals surface area contributed by atoms with Gasteiger partial charge in [0.15, 0.2) is 5.78 Å². The third-order valence-corrected chi connectivity index (χ3v) is 3.51. The maximum absolute atomic E-state index is 12.1. The van der Waals surface area contributed by atoms with Crippen molar-refractivity contribution in [1.29, 1.82) is 0 Å². The van der Waals surface area contributed by atoms with Gasteiger partial charge >= 0.3 is 0 Å². The molecular weight excluding hydrogens is 340 g/mol. The second-order valence-electron chi connectivity index (χ2n) is 4.50. The van der Waals surface area contributed by atoms with Crippen molar-refractivity contribution in [3.8, 4) is 0 Å². The molecule has 0 atom stereocenters. The van der Waals surface area contributed by atoms with Gasteiger partial charge in [-0.3, -0.25) is 19.7 Å². The van der Waals surface area contributed by atoms with Gasteiger partial charge in [0.25, 0.3) is 11.2 Å². The van der Waals surface area contributed by atoms with Gasteiger partial charge in [0.2, 0.25) is 0 Å². The number of Topliss-reactive ketones (excluding diaryl/α,β-unsaturated/α-hetero) is 1. The molecule has 0 aliphatic carbocycles. The first-order valence-electron chi connectivity index (χ1n) is 6.02. The molecule has 0 spiro atoms. The lowest BCUT2D eigenvalue weighted by Gasteiger charge is -2.06. The number of halogens is 1. The fourth-order valence-corrected chi connectivity index (χ4v) is 2.12. The molecule has 0 N–H and O–H groups in total. The van der Waals surface area contributed by atoms with Crippen LogP contribution >= 0.6 is 15.9 Å². The summed E-state index contributed by atoms with van der Waals surface area (Å²) in [5.41, 5.74) is 0.0902. The predicted molar refractivity (Wildman–Crippen MR) is 80.6 cm³/mol. The van der Waals surface area contributed by atoms with E-state index in [0.29, 0.717) is 5.56 Å². The van der Waals surface area contributed by atoms with Crippen molar-refractivity contribution in [1.82, 2.24) is 4.57 Å². The molecule has 2 aromatic rings. The number of aromatic nitrogens is 1. The average Bonchev–Trinajstić information content (AvgIpc) is 2.42. The Morgan fingerprint density at radius 1 is 1.33 bits per heavy atom. The third kappa shape index (κ3) is 3.43. The van der Waals surface area contributed by atoms with E-state index in [1.165, 1.54) is 6.92 Å². The molecule has 0 aliphatic rings. The van der Waals surface area contributed by atoms with Crippen LogP contribution in [0, 0.1) is 17.0 Å². The third-order valence-electron chi connectivity index (χ3n) is 2.98. The lowest BCUT2D eigenvalue weighted by Crippen LogP contribution is -2.24. The minimum Gasteiger partial charge on any atom is -0.301 e. The molecule has 2 rings (SSSR count). The number of carbonyl (C=O) groups excluding carboxylic acids is 1. The number of hydrogen-bond donors (Lipinski definition) is 0. The summed E-state index contributed by atoms with van der Waals surface area (Å²) in [4.78, 5) is 34.2. The minimum atomic E-state index is -0.574. The van der Waals surface area contributed by atoms with E-state index in [9.17, 15) is 19.7 Å². The summed E-state index contributed by atoms with van der Waals surface area (Å²) >= 11 is 3.26. The Kier molecular flexibility index (Phi) is 4.32. The van der Waals surface area contributed by atoms with Crippen LogP contribution in [0.3, 0.4) is 0 Å². The number of carbonyl (C=O) groups is 1. The number of pyridine rings is 1. The molecule has 1 aromatic carbocycles. The summed E-state index contributed by atoms with van der Waals surface area (Å²) < 4.78 is 1.89. The highest BCUT2D eigenvalue weighted by Crippen LogP contribution is 2.15. The molecule has 0 bridgehead atoms. The average molecular weight is 351 g/mol. The van der Waals surface area contributed by atoms with Gasteiger partial charge < -0.3 is 4.57 Å². The summed E-state index contributed by atoms with van der Waals surface area (Å²) in [5, 5.41) is 10.9. The molecule has 1 heterocycles. The van der Waals surface area contributed by atoms with E-state index < -0.39 is 10.5 Å². The second-order valence-corrected chi connectivity index (χ2v) is 5.41. The van der Waals surface area contributed by atoms with E-state index in [1.54, 1.807) is 24.3 Å². The number of hydrogen-bond acceptors (Lipinski definition) is 4. The SMILES string of the molecule is Cc1cc(=O)n(CC(=O)c2ccc(Br)cc2)cc1[N+](=O)[O-]. The molecule has 0 radical (unpaired) electrons. The number of rotatable bonds is 4. The van der Waals surface area contributed by atoms with Crippen LogP contribution in [-0.2, 0) is 6.54 Å². The van der Waals surface area contributed by atoms with Gasteiger partial charge in [0, 0.05) is 21.7 Å². The zero-order valence-corrected chi connectivity index (χ0v) is 12.7. The molecule has 1 aromatic heterocycles. The van der Waals surface area contributed by atoms with Crippen molar-refractivity contribution in [2.24, 2.45) is 0 Å². The Morgan fingerprint density at radius 2 is 1.95 bits per heavy atom. The van der Waals surface area contributed by atoms with Crippen molar-refractivity contribution >= 4 is 27.4 Å². The van der Waals surface area contributed by atoms with Crippen molar-refractivity contribution in [3.63, 3.8) is 0 Å². The van der Waals surface area contributed by atoms with Crippen LogP contribution < -0.4 is 5.56 Å². The molecule has 108 valence electrons. The van der Waals surface area contributed by atoms with Gasteiger partial charge in [-0.15, -0.1) is 0 Å². The summed E-state index contributed by atoms with van der Waals surface area (Å²) in [6.45, 7) is 1.25. The van der Waals surface area contributed by atoms with Crippen LogP contribution in [0.15, 0.2) is 45.8 Å². The molecule has 7 heteroatoms. The van der Waals surface area contributed by atoms with Crippen LogP contribution in [0.2, 0.25) is 0 Å². The summed E-state index contributed by atoms with van der Waals surface area (Å²) in [7, 11) is 0. The van der Waals surface area contributed by atoms with Gasteiger partial charge in [-0.05, 0) is 19.1 Å².